The molecule has 0 unspecified atom stereocenters. The van der Waals surface area contributed by atoms with E-state index >= 15 is 0 Å². The summed E-state index contributed by atoms with van der Waals surface area (Å²) in [7, 11) is -4.97. The van der Waals surface area contributed by atoms with Crippen LogP contribution < -0.4 is 21.7 Å². The van der Waals surface area contributed by atoms with Crippen LogP contribution in [-0.2, 0) is 42.6 Å². The lowest BCUT2D eigenvalue weighted by atomic mass is 9.98. The van der Waals surface area contributed by atoms with Crippen molar-refractivity contribution in [1.29, 1.82) is 0 Å². The molecule has 0 spiro atoms. The number of amides is 2. The predicted octanol–water partition coefficient (Wildman–Crippen LogP) is -2.84. The van der Waals surface area contributed by atoms with Gasteiger partial charge in [0.2, 0.25) is 5.60 Å². The van der Waals surface area contributed by atoms with E-state index in [0.717, 1.165) is 35.8 Å². The van der Waals surface area contributed by atoms with Crippen LogP contribution in [-0.4, -0.2) is 103 Å². The summed E-state index contributed by atoms with van der Waals surface area (Å²) in [6.45, 7) is 2.79. The van der Waals surface area contributed by atoms with E-state index in [4.69, 9.17) is 10.6 Å². The van der Waals surface area contributed by atoms with E-state index in [2.05, 4.69) is 36.3 Å². The van der Waals surface area contributed by atoms with Crippen molar-refractivity contribution in [2.45, 2.75) is 43.6 Å². The fraction of sp³-hybridized carbons (Fsp3) is 0.550. The summed E-state index contributed by atoms with van der Waals surface area (Å²) in [5.41, 5.74) is 4.14. The lowest BCUT2D eigenvalue weighted by molar-refractivity contribution is -0.153. The molecule has 1 aliphatic carbocycles. The Morgan fingerprint density at radius 1 is 1.35 bits per heavy atom. The highest BCUT2D eigenvalue weighted by Crippen LogP contribution is 2.40. The Morgan fingerprint density at radius 2 is 2.10 bits per heavy atom. The molecule has 2 aromatic rings. The minimum atomic E-state index is -4.97. The van der Waals surface area contributed by atoms with E-state index in [1.54, 1.807) is 0 Å². The monoisotopic (exact) mass is 598 g/mol. The topological polar surface area (TPSA) is 256 Å². The fourth-order valence-corrected chi connectivity index (χ4v) is 5.53. The van der Waals surface area contributed by atoms with Crippen LogP contribution in [0.2, 0.25) is 0 Å². The smallest absolute Gasteiger partial charge is 0.362 e. The van der Waals surface area contributed by atoms with Gasteiger partial charge in [0.25, 0.3) is 11.8 Å². The van der Waals surface area contributed by atoms with E-state index in [9.17, 15) is 32.5 Å². The Labute approximate surface area is 230 Å². The summed E-state index contributed by atoms with van der Waals surface area (Å²) >= 11 is 0.983. The number of nitrogen functional groups attached to an aromatic ring is 1. The molecule has 2 aromatic heterocycles. The maximum atomic E-state index is 13.2. The second kappa shape index (κ2) is 10.7. The molecule has 1 saturated carbocycles. The average Bonchev–Trinajstić information content (AvgIpc) is 3.32. The molecule has 0 bridgehead atoms. The number of rotatable bonds is 13. The molecule has 3 aliphatic rings. The number of hydrogen-bond donors (Lipinski definition) is 6. The lowest BCUT2D eigenvalue weighted by Crippen LogP contribution is -2.73. The molecular weight excluding hydrogens is 572 g/mol. The van der Waals surface area contributed by atoms with E-state index in [0.29, 0.717) is 18.2 Å². The number of anilines is 1. The molecule has 2 amide bonds. The number of thiazole rings is 1. The zero-order valence-electron chi connectivity index (χ0n) is 20.8. The van der Waals surface area contributed by atoms with Gasteiger partial charge in [0, 0.05) is 44.4 Å². The van der Waals surface area contributed by atoms with Crippen molar-refractivity contribution in [3.05, 3.63) is 23.0 Å². The second-order valence-electron chi connectivity index (χ2n) is 9.58. The van der Waals surface area contributed by atoms with Gasteiger partial charge < -0.3 is 31.6 Å². The first-order valence-electron chi connectivity index (χ1n) is 12.1. The standard InChI is InChI=1S/C20H26N10O8S2/c21-19-25-12(9-39-19)14(28-38-20(1-2-20)18(33)34)16(31)26-15-13(30(17(15)32)40(35,36)37)8-29-24-7-11(27-29)6-23-5-10-3-22-4-10/h7,9-10,13,15,22-23H,1-6,8H2,(H2,21,25)(H,26,31)(H,33,34)(H,35,36,37)/t13-,15+/m1/s1. The number of carboxylic acids is 1. The van der Waals surface area contributed by atoms with Gasteiger partial charge in [-0.05, 0) is 5.92 Å². The average molecular weight is 599 g/mol. The van der Waals surface area contributed by atoms with Crippen LogP contribution in [0, 0.1) is 5.92 Å². The highest BCUT2D eigenvalue weighted by Gasteiger charge is 2.56. The minimum absolute atomic E-state index is 0.0419. The number of nitrogens with zero attached hydrogens (tertiary/aromatic N) is 6. The van der Waals surface area contributed by atoms with E-state index in [1.807, 2.05) is 0 Å². The molecule has 0 radical (unpaired) electrons. The highest BCUT2D eigenvalue weighted by atomic mass is 32.2. The molecule has 18 nitrogen and oxygen atoms in total. The Morgan fingerprint density at radius 3 is 2.67 bits per heavy atom. The summed E-state index contributed by atoms with van der Waals surface area (Å²) in [6, 6.07) is -2.71. The maximum absolute atomic E-state index is 13.2. The summed E-state index contributed by atoms with van der Waals surface area (Å²) in [6.07, 6.45) is 1.83. The normalized spacial score (nSPS) is 22.4. The van der Waals surface area contributed by atoms with Gasteiger partial charge in [-0.2, -0.15) is 23.4 Å². The molecule has 2 saturated heterocycles. The minimum Gasteiger partial charge on any atom is -0.478 e. The molecule has 3 fully saturated rings. The number of hydrogen-bond acceptors (Lipinski definition) is 14. The van der Waals surface area contributed by atoms with Gasteiger partial charge in [-0.25, -0.2) is 14.1 Å². The Bertz CT molecular complexity index is 1450. The number of carboxylic acid groups (broad SMARTS) is 1. The molecule has 5 rings (SSSR count). The zero-order chi connectivity index (χ0) is 28.7. The molecule has 216 valence electrons. The second-order valence-corrected chi connectivity index (χ2v) is 11.8. The summed E-state index contributed by atoms with van der Waals surface area (Å²) in [5, 5.41) is 31.7. The Kier molecular flexibility index (Phi) is 7.44. The van der Waals surface area contributed by atoms with Crippen molar-refractivity contribution in [1.82, 2.24) is 40.2 Å². The van der Waals surface area contributed by atoms with Crippen LogP contribution in [0.5, 0.6) is 0 Å². The third kappa shape index (κ3) is 5.75. The van der Waals surface area contributed by atoms with E-state index < -0.39 is 51.5 Å². The Hall–Kier alpha value is -3.72. The number of aliphatic carboxylic acids is 1. The number of aromatic nitrogens is 4. The SMILES string of the molecule is Nc1nc(C(=NOC2(C(=O)O)CC2)C(=O)N[C@@H]2C(=O)N(S(=O)(=O)O)[C@@H]2Cn2ncc(CNCC3CNC3)n2)cs1. The molecule has 2 atom stereocenters. The van der Waals surface area contributed by atoms with Crippen molar-refractivity contribution in [3.63, 3.8) is 0 Å². The van der Waals surface area contributed by atoms with Crippen LogP contribution in [0.25, 0.3) is 0 Å². The summed E-state index contributed by atoms with van der Waals surface area (Å²) in [4.78, 5) is 47.6. The first-order valence-corrected chi connectivity index (χ1v) is 14.4. The van der Waals surface area contributed by atoms with Gasteiger partial charge >= 0.3 is 16.3 Å². The quantitative estimate of drug-likeness (QED) is 0.0588. The van der Waals surface area contributed by atoms with E-state index in [1.165, 1.54) is 11.6 Å². The van der Waals surface area contributed by atoms with Crippen LogP contribution in [0.4, 0.5) is 5.13 Å². The van der Waals surface area contributed by atoms with Crippen LogP contribution >= 0.6 is 11.3 Å². The third-order valence-electron chi connectivity index (χ3n) is 6.63. The van der Waals surface area contributed by atoms with Gasteiger partial charge in [0.05, 0.1) is 18.4 Å². The largest absolute Gasteiger partial charge is 0.478 e. The van der Waals surface area contributed by atoms with Gasteiger partial charge in [-0.1, -0.05) is 5.16 Å². The van der Waals surface area contributed by atoms with Gasteiger partial charge in [0.15, 0.2) is 10.8 Å². The lowest BCUT2D eigenvalue weighted by Gasteiger charge is -2.43. The molecular formula is C20H26N10O8S2. The third-order valence-corrected chi connectivity index (χ3v) is 8.25. The highest BCUT2D eigenvalue weighted by molar-refractivity contribution is 7.84. The zero-order valence-corrected chi connectivity index (χ0v) is 22.4. The van der Waals surface area contributed by atoms with E-state index in [-0.39, 0.29) is 34.5 Å². The molecule has 4 heterocycles. The summed E-state index contributed by atoms with van der Waals surface area (Å²) in [5.74, 6) is -2.84. The Balaban J connectivity index is 1.30. The van der Waals surface area contributed by atoms with Crippen LogP contribution in [0.3, 0.4) is 0 Å². The van der Waals surface area contributed by atoms with Crippen LogP contribution in [0.15, 0.2) is 16.7 Å². The van der Waals surface area contributed by atoms with Gasteiger partial charge in [-0.15, -0.1) is 11.3 Å². The van der Waals surface area contributed by atoms with Crippen LogP contribution in [0.1, 0.15) is 24.2 Å². The van der Waals surface area contributed by atoms with Crippen molar-refractivity contribution < 1.29 is 37.3 Å². The molecule has 7 N–H and O–H groups in total. The fourth-order valence-electron chi connectivity index (χ4n) is 4.11. The van der Waals surface area contributed by atoms with Crippen molar-refractivity contribution in [2.24, 2.45) is 11.1 Å². The number of nitrogens with one attached hydrogen (secondary N) is 3. The number of carbonyl (C=O) groups is 3. The molecule has 2 aliphatic heterocycles. The first kappa shape index (κ1) is 27.8. The number of β-lactam (4-membered cyclic amide) rings is 1. The van der Waals surface area contributed by atoms with Gasteiger partial charge in [0.1, 0.15) is 17.8 Å². The molecule has 20 heteroatoms. The molecule has 0 aromatic carbocycles. The number of carbonyl (C=O) groups excluding carboxylic acids is 2. The first-order chi connectivity index (χ1) is 19.0. The number of nitrogens with two attached hydrogens (primary N) is 1. The van der Waals surface area contributed by atoms with Crippen molar-refractivity contribution >= 4 is 50.3 Å². The van der Waals surface area contributed by atoms with Crippen molar-refractivity contribution in [2.75, 3.05) is 25.4 Å². The predicted molar refractivity (Wildman–Crippen MR) is 136 cm³/mol. The number of oxime groups is 1. The maximum Gasteiger partial charge on any atom is 0.362 e. The van der Waals surface area contributed by atoms with Crippen molar-refractivity contribution in [3.8, 4) is 0 Å². The summed E-state index contributed by atoms with van der Waals surface area (Å²) < 4.78 is 33.6. The van der Waals surface area contributed by atoms with Gasteiger partial charge in [-0.3, -0.25) is 14.1 Å². The molecule has 40 heavy (non-hydrogen) atoms.